The first kappa shape index (κ1) is 9.16. The van der Waals surface area contributed by atoms with Gasteiger partial charge in [-0.2, -0.15) is 5.11 Å². The number of hydrogen-bond acceptors (Lipinski definition) is 5. The summed E-state index contributed by atoms with van der Waals surface area (Å²) in [5.41, 5.74) is 9.13. The molecule has 0 amide bonds. The van der Waals surface area contributed by atoms with Crippen LogP contribution in [0.25, 0.3) is 27.6 Å². The molecule has 0 saturated carbocycles. The third-order valence-corrected chi connectivity index (χ3v) is 2.91. The number of hydrogen-bond donors (Lipinski definition) is 3. The number of benzene rings is 1. The lowest BCUT2D eigenvalue weighted by atomic mass is 10.2. The summed E-state index contributed by atoms with van der Waals surface area (Å²) < 4.78 is 1.41. The molecule has 2 heterocycles. The molecule has 0 saturated heterocycles. The second-order valence-corrected chi connectivity index (χ2v) is 3.86. The minimum Gasteiger partial charge on any atom is -0.204 e. The number of aromatic nitrogens is 6. The van der Waals surface area contributed by atoms with Crippen LogP contribution in [0.2, 0.25) is 0 Å². The molecule has 0 unspecified atom stereocenters. The summed E-state index contributed by atoms with van der Waals surface area (Å²) in [6.45, 7) is 0. The zero-order chi connectivity index (χ0) is 12.1. The smallest absolute Gasteiger partial charge is 0.204 e. The van der Waals surface area contributed by atoms with Crippen LogP contribution in [0.4, 0.5) is 5.69 Å². The molecule has 0 aliphatic rings. The van der Waals surface area contributed by atoms with Crippen molar-refractivity contribution < 1.29 is 4.63 Å². The highest BCUT2D eigenvalue weighted by Gasteiger charge is 2.20. The molecule has 2 aromatic heterocycles. The average molecular weight is 239 g/mol. The molecule has 3 N–H and O–H groups in total. The van der Waals surface area contributed by atoms with E-state index in [0.29, 0.717) is 22.5 Å². The number of nitrogens with one attached hydrogen (secondary N) is 3. The molecule has 2 aromatic carbocycles. The Balaban J connectivity index is 2.36. The Morgan fingerprint density at radius 2 is 2.00 bits per heavy atom. The highest BCUT2D eigenvalue weighted by molar-refractivity contribution is 6.17. The van der Waals surface area contributed by atoms with E-state index in [2.05, 4.69) is 30.7 Å². The van der Waals surface area contributed by atoms with E-state index in [0.717, 1.165) is 10.8 Å². The molecule has 86 valence electrons. The van der Waals surface area contributed by atoms with Crippen molar-refractivity contribution in [3.8, 4) is 0 Å². The largest absolute Gasteiger partial charge is 0.457 e. The van der Waals surface area contributed by atoms with Gasteiger partial charge in [-0.05, 0) is 4.63 Å². The van der Waals surface area contributed by atoms with Crippen molar-refractivity contribution in [2.75, 3.05) is 0 Å². The molecule has 0 atom stereocenters. The zero-order valence-electron chi connectivity index (χ0n) is 9.05. The second-order valence-electron chi connectivity index (χ2n) is 3.86. The Morgan fingerprint density at radius 3 is 2.83 bits per heavy atom. The summed E-state index contributed by atoms with van der Waals surface area (Å²) in [4.78, 5) is 4.42. The fraction of sp³-hybridized carbons (Fsp3) is 0. The number of H-pyrrole nitrogens is 2. The minimum absolute atomic E-state index is 0.440. The molecule has 0 bridgehead atoms. The summed E-state index contributed by atoms with van der Waals surface area (Å²) in [5.74, 6) is 0.440. The molecule has 18 heavy (non-hydrogen) atoms. The number of aromatic amines is 2. The first-order valence-electron chi connectivity index (χ1n) is 5.29. The lowest BCUT2D eigenvalue weighted by Gasteiger charge is -1.87. The van der Waals surface area contributed by atoms with E-state index < -0.39 is 0 Å². The monoisotopic (exact) mass is 239 g/mol. The van der Waals surface area contributed by atoms with Gasteiger partial charge in [0.25, 0.3) is 0 Å². The maximum absolute atomic E-state index is 7.31. The van der Waals surface area contributed by atoms with Gasteiger partial charge in [0.1, 0.15) is 5.69 Å². The van der Waals surface area contributed by atoms with Gasteiger partial charge in [-0.3, -0.25) is 0 Å². The van der Waals surface area contributed by atoms with Crippen molar-refractivity contribution in [1.82, 2.24) is 25.6 Å². The highest BCUT2D eigenvalue weighted by atomic mass is 15.6. The van der Waals surface area contributed by atoms with Gasteiger partial charge in [0.2, 0.25) is 0 Å². The van der Waals surface area contributed by atoms with Gasteiger partial charge in [-0.15, -0.1) is 5.21 Å². The van der Waals surface area contributed by atoms with E-state index in [1.54, 1.807) is 0 Å². The van der Waals surface area contributed by atoms with Gasteiger partial charge in [-0.1, -0.05) is 39.6 Å². The normalized spacial score (nSPS) is 11.6. The predicted molar refractivity (Wildman–Crippen MR) is 61.5 cm³/mol. The van der Waals surface area contributed by atoms with Gasteiger partial charge < -0.3 is 0 Å². The van der Waals surface area contributed by atoms with Crippen molar-refractivity contribution in [2.24, 2.45) is 5.11 Å². The molecule has 8 nitrogen and oxygen atoms in total. The lowest BCUT2D eigenvalue weighted by Crippen LogP contribution is -2.29. The molecule has 0 aliphatic heterocycles. The fourth-order valence-electron chi connectivity index (χ4n) is 2.15. The second kappa shape index (κ2) is 3.06. The molecular weight excluding hydrogens is 232 g/mol. The van der Waals surface area contributed by atoms with Crippen molar-refractivity contribution in [3.63, 3.8) is 0 Å². The van der Waals surface area contributed by atoms with Gasteiger partial charge in [0, 0.05) is 10.8 Å². The number of tetrazole rings is 1. The number of fused-ring (bicyclic) bond motifs is 4. The topological polar surface area (TPSA) is 111 Å². The summed E-state index contributed by atoms with van der Waals surface area (Å²) >= 11 is 0. The van der Waals surface area contributed by atoms with Crippen molar-refractivity contribution in [1.29, 1.82) is 5.53 Å². The number of rotatable bonds is 1. The fourth-order valence-corrected chi connectivity index (χ4v) is 2.15. The third-order valence-electron chi connectivity index (χ3n) is 2.91. The average Bonchev–Trinajstić information content (AvgIpc) is 2.97. The van der Waals surface area contributed by atoms with Crippen LogP contribution in [0, 0.1) is 5.53 Å². The van der Waals surface area contributed by atoms with Crippen LogP contribution in [-0.2, 0) is 0 Å². The van der Waals surface area contributed by atoms with E-state index in [1.165, 1.54) is 4.63 Å². The molecule has 8 heteroatoms. The molecule has 0 spiro atoms. The molecule has 4 rings (SSSR count). The van der Waals surface area contributed by atoms with Crippen LogP contribution >= 0.6 is 0 Å². The predicted octanol–water partition coefficient (Wildman–Crippen LogP) is 1.24. The van der Waals surface area contributed by atoms with Crippen LogP contribution in [-0.4, -0.2) is 25.6 Å². The van der Waals surface area contributed by atoms with E-state index in [1.807, 2.05) is 24.3 Å². The van der Waals surface area contributed by atoms with Crippen LogP contribution in [0.15, 0.2) is 29.4 Å². The van der Waals surface area contributed by atoms with Crippen LogP contribution in [0.5, 0.6) is 0 Å². The van der Waals surface area contributed by atoms with Gasteiger partial charge >= 0.3 is 5.78 Å². The zero-order valence-corrected chi connectivity index (χ0v) is 9.05. The van der Waals surface area contributed by atoms with Crippen LogP contribution < -0.4 is 4.63 Å². The highest BCUT2D eigenvalue weighted by Crippen LogP contribution is 2.36. The first-order chi connectivity index (χ1) is 8.88. The Bertz CT molecular complexity index is 902. The maximum Gasteiger partial charge on any atom is 0.457 e. The van der Waals surface area contributed by atoms with Gasteiger partial charge in [0.15, 0.2) is 11.0 Å². The Labute approximate surface area is 99.1 Å². The Morgan fingerprint density at radius 1 is 1.17 bits per heavy atom. The van der Waals surface area contributed by atoms with E-state index in [9.17, 15) is 0 Å². The molecule has 4 aromatic rings. The summed E-state index contributed by atoms with van der Waals surface area (Å²) in [7, 11) is 0. The van der Waals surface area contributed by atoms with E-state index in [-0.39, 0.29) is 0 Å². The standard InChI is InChI=1S/C10H6N8/c11-13-8-6-4-2-1-3-5(6)7-9(8)15-18-10(12-7)14-16-17-18/h1-4H,(H2,11,12,14,15,17)/p+1. The van der Waals surface area contributed by atoms with Crippen molar-refractivity contribution >= 4 is 33.3 Å². The summed E-state index contributed by atoms with van der Waals surface area (Å²) in [6.07, 6.45) is 0. The Hall–Kier alpha value is -2.90. The van der Waals surface area contributed by atoms with Gasteiger partial charge in [0.05, 0.1) is 5.10 Å². The Kier molecular flexibility index (Phi) is 1.56. The van der Waals surface area contributed by atoms with Gasteiger partial charge in [-0.25, -0.2) is 5.53 Å². The minimum atomic E-state index is 0.440. The van der Waals surface area contributed by atoms with E-state index in [4.69, 9.17) is 5.53 Å². The maximum atomic E-state index is 7.31. The quantitative estimate of drug-likeness (QED) is 0.343. The first-order valence-corrected chi connectivity index (χ1v) is 5.29. The molecule has 0 radical (unpaired) electrons. The van der Waals surface area contributed by atoms with Crippen LogP contribution in [0.1, 0.15) is 0 Å². The lowest BCUT2D eigenvalue weighted by molar-refractivity contribution is -0.644. The summed E-state index contributed by atoms with van der Waals surface area (Å²) in [6, 6.07) is 7.67. The van der Waals surface area contributed by atoms with E-state index >= 15 is 0 Å². The number of nitrogens with zero attached hydrogens (tertiary/aromatic N) is 5. The van der Waals surface area contributed by atoms with Crippen molar-refractivity contribution in [3.05, 3.63) is 24.3 Å². The third kappa shape index (κ3) is 0.986. The molecular formula is C10H7N8+. The SMILES string of the molecule is N=Nc1c2ccccc2c2nc3n[nH][nH][n+]3nc12. The van der Waals surface area contributed by atoms with Crippen molar-refractivity contribution in [2.45, 2.75) is 0 Å². The summed E-state index contributed by atoms with van der Waals surface area (Å²) in [5, 5.41) is 18.9. The van der Waals surface area contributed by atoms with Crippen LogP contribution in [0.3, 0.4) is 0 Å². The molecule has 0 fully saturated rings. The molecule has 0 aliphatic carbocycles.